The predicted octanol–water partition coefficient (Wildman–Crippen LogP) is 3.12. The lowest BCUT2D eigenvalue weighted by Gasteiger charge is -2.29. The van der Waals surface area contributed by atoms with E-state index >= 15 is 0 Å². The third kappa shape index (κ3) is 4.62. The minimum Gasteiger partial charge on any atom is -0.348 e. The molecular formula is C21H25N3O5S. The van der Waals surface area contributed by atoms with E-state index in [-0.39, 0.29) is 17.4 Å². The second kappa shape index (κ2) is 8.43. The smallest absolute Gasteiger partial charge is 0.271 e. The topological polar surface area (TPSA) is 110 Å². The van der Waals surface area contributed by atoms with E-state index in [0.717, 1.165) is 41.5 Å². The van der Waals surface area contributed by atoms with Crippen LogP contribution in [-0.4, -0.2) is 31.5 Å². The molecule has 30 heavy (non-hydrogen) atoms. The first kappa shape index (κ1) is 21.8. The van der Waals surface area contributed by atoms with Gasteiger partial charge in [-0.2, -0.15) is 0 Å². The number of amides is 1. The fourth-order valence-electron chi connectivity index (χ4n) is 3.83. The molecule has 9 heteroatoms. The summed E-state index contributed by atoms with van der Waals surface area (Å²) in [6, 6.07) is 10.00. The van der Waals surface area contributed by atoms with Crippen molar-refractivity contribution in [2.45, 2.75) is 45.2 Å². The first-order valence-electron chi connectivity index (χ1n) is 9.74. The quantitative estimate of drug-likeness (QED) is 0.535. The van der Waals surface area contributed by atoms with Crippen LogP contribution in [0, 0.1) is 10.1 Å². The van der Waals surface area contributed by atoms with Gasteiger partial charge in [-0.3, -0.25) is 19.2 Å². The van der Waals surface area contributed by atoms with Gasteiger partial charge in [-0.1, -0.05) is 24.3 Å². The summed E-state index contributed by atoms with van der Waals surface area (Å²) in [6.07, 6.45) is 4.19. The van der Waals surface area contributed by atoms with Crippen LogP contribution in [0.15, 0.2) is 42.5 Å². The molecule has 1 aliphatic rings. The zero-order valence-corrected chi connectivity index (χ0v) is 18.0. The van der Waals surface area contributed by atoms with Crippen LogP contribution in [0.4, 0.5) is 11.4 Å². The van der Waals surface area contributed by atoms with E-state index in [9.17, 15) is 23.3 Å². The summed E-state index contributed by atoms with van der Waals surface area (Å²) in [4.78, 5) is 23.4. The molecule has 0 saturated carbocycles. The molecule has 160 valence electrons. The zero-order valence-electron chi connectivity index (χ0n) is 17.2. The number of sulfonamides is 1. The molecule has 0 aliphatic heterocycles. The summed E-state index contributed by atoms with van der Waals surface area (Å²) in [5, 5.41) is 13.9. The number of aryl methyl sites for hydroxylation is 2. The number of nitro groups is 1. The predicted molar refractivity (Wildman–Crippen MR) is 115 cm³/mol. The van der Waals surface area contributed by atoms with Gasteiger partial charge in [-0.15, -0.1) is 0 Å². The van der Waals surface area contributed by atoms with Crippen molar-refractivity contribution in [2.75, 3.05) is 10.6 Å². The molecule has 3 rings (SSSR count). The van der Waals surface area contributed by atoms with Gasteiger partial charge in [0.15, 0.2) is 0 Å². The number of non-ortho nitro benzene ring substituents is 1. The van der Waals surface area contributed by atoms with E-state index in [1.165, 1.54) is 36.2 Å². The third-order valence-corrected chi connectivity index (χ3v) is 6.61. The molecule has 2 aromatic rings. The van der Waals surface area contributed by atoms with Gasteiger partial charge in [-0.25, -0.2) is 8.42 Å². The molecule has 2 atom stereocenters. The molecule has 1 amide bonds. The Morgan fingerprint density at radius 2 is 1.83 bits per heavy atom. The summed E-state index contributed by atoms with van der Waals surface area (Å²) in [7, 11) is -3.86. The Morgan fingerprint density at radius 3 is 2.50 bits per heavy atom. The van der Waals surface area contributed by atoms with Gasteiger partial charge in [0.2, 0.25) is 15.9 Å². The molecule has 8 nitrogen and oxygen atoms in total. The highest BCUT2D eigenvalue weighted by molar-refractivity contribution is 7.92. The average molecular weight is 432 g/mol. The molecule has 2 aromatic carbocycles. The van der Waals surface area contributed by atoms with Crippen molar-refractivity contribution in [1.82, 2.24) is 5.32 Å². The van der Waals surface area contributed by atoms with E-state index < -0.39 is 26.9 Å². The van der Waals surface area contributed by atoms with Crippen LogP contribution >= 0.6 is 0 Å². The Morgan fingerprint density at radius 1 is 1.13 bits per heavy atom. The highest BCUT2D eigenvalue weighted by Gasteiger charge is 2.31. The molecule has 0 bridgehead atoms. The SMILES string of the molecule is C[C@H](NC(=O)[C@@H](C)N(c1cccc([N+](=O)[O-])c1)S(C)(=O)=O)c1ccc2c(c1)CCC2. The largest absolute Gasteiger partial charge is 0.348 e. The number of carbonyl (C=O) groups is 1. The van der Waals surface area contributed by atoms with Crippen LogP contribution < -0.4 is 9.62 Å². The van der Waals surface area contributed by atoms with Gasteiger partial charge in [0.1, 0.15) is 6.04 Å². The fourth-order valence-corrected chi connectivity index (χ4v) is 5.00. The Kier molecular flexibility index (Phi) is 6.12. The summed E-state index contributed by atoms with van der Waals surface area (Å²) in [6.45, 7) is 3.31. The van der Waals surface area contributed by atoms with Crippen molar-refractivity contribution in [3.63, 3.8) is 0 Å². The number of nitrogens with zero attached hydrogens (tertiary/aromatic N) is 2. The lowest BCUT2D eigenvalue weighted by Crippen LogP contribution is -2.48. The van der Waals surface area contributed by atoms with Crippen LogP contribution in [0.2, 0.25) is 0 Å². The summed E-state index contributed by atoms with van der Waals surface area (Å²) in [5.41, 5.74) is 3.40. The lowest BCUT2D eigenvalue weighted by molar-refractivity contribution is -0.384. The van der Waals surface area contributed by atoms with Crippen molar-refractivity contribution in [2.24, 2.45) is 0 Å². The van der Waals surface area contributed by atoms with Crippen molar-refractivity contribution in [1.29, 1.82) is 0 Å². The Labute approximate surface area is 176 Å². The molecule has 1 aliphatic carbocycles. The van der Waals surface area contributed by atoms with Gasteiger partial charge in [0.05, 0.1) is 22.9 Å². The van der Waals surface area contributed by atoms with Crippen LogP contribution in [0.3, 0.4) is 0 Å². The second-order valence-electron chi connectivity index (χ2n) is 7.62. The molecular weight excluding hydrogens is 406 g/mol. The third-order valence-electron chi connectivity index (χ3n) is 5.36. The van der Waals surface area contributed by atoms with Crippen molar-refractivity contribution >= 4 is 27.3 Å². The summed E-state index contributed by atoms with van der Waals surface area (Å²) in [5.74, 6) is -0.486. The summed E-state index contributed by atoms with van der Waals surface area (Å²) >= 11 is 0. The van der Waals surface area contributed by atoms with Crippen molar-refractivity contribution in [3.05, 3.63) is 69.3 Å². The number of fused-ring (bicyclic) bond motifs is 1. The number of anilines is 1. The fraction of sp³-hybridized carbons (Fsp3) is 0.381. The van der Waals surface area contributed by atoms with Gasteiger partial charge in [0.25, 0.3) is 5.69 Å². The molecule has 0 saturated heterocycles. The lowest BCUT2D eigenvalue weighted by atomic mass is 10.0. The normalized spacial score (nSPS) is 15.2. The van der Waals surface area contributed by atoms with Gasteiger partial charge >= 0.3 is 0 Å². The number of hydrogen-bond donors (Lipinski definition) is 1. The van der Waals surface area contributed by atoms with Gasteiger partial charge in [-0.05, 0) is 55.9 Å². The van der Waals surface area contributed by atoms with E-state index in [1.807, 2.05) is 13.0 Å². The second-order valence-corrected chi connectivity index (χ2v) is 9.48. The number of hydrogen-bond acceptors (Lipinski definition) is 5. The molecule has 1 N–H and O–H groups in total. The van der Waals surface area contributed by atoms with Crippen LogP contribution in [0.1, 0.15) is 43.0 Å². The number of nitro benzene ring substituents is 1. The minimum absolute atomic E-state index is 0.0690. The number of benzene rings is 2. The highest BCUT2D eigenvalue weighted by Crippen LogP contribution is 2.27. The molecule has 0 fully saturated rings. The monoisotopic (exact) mass is 431 g/mol. The van der Waals surface area contributed by atoms with Crippen molar-refractivity contribution in [3.8, 4) is 0 Å². The highest BCUT2D eigenvalue weighted by atomic mass is 32.2. The van der Waals surface area contributed by atoms with E-state index in [4.69, 9.17) is 0 Å². The molecule has 0 spiro atoms. The maximum absolute atomic E-state index is 12.9. The first-order chi connectivity index (χ1) is 14.1. The van der Waals surface area contributed by atoms with E-state index in [1.54, 1.807) is 0 Å². The number of carbonyl (C=O) groups excluding carboxylic acids is 1. The Hall–Kier alpha value is -2.94. The van der Waals surface area contributed by atoms with Gasteiger partial charge in [0, 0.05) is 12.1 Å². The molecule has 0 unspecified atom stereocenters. The maximum atomic E-state index is 12.9. The maximum Gasteiger partial charge on any atom is 0.271 e. The molecule has 0 aromatic heterocycles. The molecule has 0 radical (unpaired) electrons. The van der Waals surface area contributed by atoms with Crippen LogP contribution in [0.25, 0.3) is 0 Å². The summed E-state index contributed by atoms with van der Waals surface area (Å²) < 4.78 is 25.7. The Balaban J connectivity index is 1.82. The van der Waals surface area contributed by atoms with E-state index in [0.29, 0.717) is 0 Å². The Bertz CT molecular complexity index is 1080. The molecule has 0 heterocycles. The van der Waals surface area contributed by atoms with Crippen LogP contribution in [0.5, 0.6) is 0 Å². The average Bonchev–Trinajstić information content (AvgIpc) is 3.14. The minimum atomic E-state index is -3.86. The van der Waals surface area contributed by atoms with E-state index in [2.05, 4.69) is 17.4 Å². The standard InChI is InChI=1S/C21H25N3O5S/c1-14(17-11-10-16-6-4-7-18(16)12-17)22-21(25)15(2)23(30(3,28)29)19-8-5-9-20(13-19)24(26)27/h5,8-15H,4,6-7H2,1-3H3,(H,22,25)/t14-,15+/m0/s1. The van der Waals surface area contributed by atoms with Crippen molar-refractivity contribution < 1.29 is 18.1 Å². The number of rotatable bonds is 7. The first-order valence-corrected chi connectivity index (χ1v) is 11.6. The van der Waals surface area contributed by atoms with Crippen LogP contribution in [-0.2, 0) is 27.7 Å². The zero-order chi connectivity index (χ0) is 22.1. The van der Waals surface area contributed by atoms with Gasteiger partial charge < -0.3 is 5.32 Å². The number of nitrogens with one attached hydrogen (secondary N) is 1.